The number of benzene rings is 1. The van der Waals surface area contributed by atoms with Crippen LogP contribution in [-0.2, 0) is 4.79 Å². The number of methoxy groups -OCH3 is 1. The third kappa shape index (κ3) is 4.08. The fraction of sp³-hybridized carbons (Fsp3) is 0.200. The molecule has 1 N–H and O–H groups in total. The molecule has 0 radical (unpaired) electrons. The molecule has 0 aliphatic rings. The third-order valence-corrected chi connectivity index (χ3v) is 3.09. The maximum atomic E-state index is 12.9. The summed E-state index contributed by atoms with van der Waals surface area (Å²) in [6, 6.07) is 7.01. The fourth-order valence-electron chi connectivity index (χ4n) is 1.71. The van der Waals surface area contributed by atoms with Crippen molar-refractivity contribution in [2.24, 2.45) is 0 Å². The molecule has 7 heteroatoms. The number of ether oxygens (including phenoxy) is 2. The molecule has 0 spiro atoms. The second-order valence-corrected chi connectivity index (χ2v) is 4.81. The number of aryl methyl sites for hydroxylation is 1. The van der Waals surface area contributed by atoms with Gasteiger partial charge in [-0.15, -0.1) is 0 Å². The molecule has 0 saturated heterocycles. The maximum absolute atomic E-state index is 12.9. The zero-order valence-corrected chi connectivity index (χ0v) is 12.8. The van der Waals surface area contributed by atoms with E-state index in [1.807, 2.05) is 0 Å². The highest BCUT2D eigenvalue weighted by Crippen LogP contribution is 2.24. The van der Waals surface area contributed by atoms with E-state index in [9.17, 15) is 9.18 Å². The van der Waals surface area contributed by atoms with Crippen LogP contribution < -0.4 is 14.8 Å². The standard InChI is InChI=1S/C15H14ClFN2O3/c1-9-12(4-6-15(18-9)21-2)19-14(20)8-22-13-5-3-10(17)7-11(13)16/h3-7H,8H2,1-2H3,(H,19,20). The molecule has 0 atom stereocenters. The minimum Gasteiger partial charge on any atom is -0.482 e. The van der Waals surface area contributed by atoms with Crippen molar-refractivity contribution in [3.8, 4) is 11.6 Å². The number of hydrogen-bond acceptors (Lipinski definition) is 4. The van der Waals surface area contributed by atoms with Gasteiger partial charge in [0.1, 0.15) is 11.6 Å². The summed E-state index contributed by atoms with van der Waals surface area (Å²) in [5.74, 6) is -0.148. The van der Waals surface area contributed by atoms with Crippen molar-refractivity contribution in [2.45, 2.75) is 6.92 Å². The maximum Gasteiger partial charge on any atom is 0.262 e. The van der Waals surface area contributed by atoms with E-state index < -0.39 is 5.82 Å². The van der Waals surface area contributed by atoms with E-state index in [0.29, 0.717) is 17.3 Å². The number of carbonyl (C=O) groups excluding carboxylic acids is 1. The number of carbonyl (C=O) groups is 1. The largest absolute Gasteiger partial charge is 0.482 e. The molecule has 0 unspecified atom stereocenters. The number of rotatable bonds is 5. The van der Waals surface area contributed by atoms with Gasteiger partial charge in [-0.1, -0.05) is 11.6 Å². The first-order valence-corrected chi connectivity index (χ1v) is 6.76. The lowest BCUT2D eigenvalue weighted by atomic mass is 10.3. The Bertz CT molecular complexity index is 694. The lowest BCUT2D eigenvalue weighted by molar-refractivity contribution is -0.118. The number of anilines is 1. The predicted octanol–water partition coefficient (Wildman–Crippen LogP) is 3.21. The molecule has 1 heterocycles. The number of aromatic nitrogens is 1. The van der Waals surface area contributed by atoms with E-state index in [2.05, 4.69) is 10.3 Å². The van der Waals surface area contributed by atoms with Gasteiger partial charge in [-0.3, -0.25) is 4.79 Å². The summed E-state index contributed by atoms with van der Waals surface area (Å²) >= 11 is 5.81. The Balaban J connectivity index is 1.95. The molecule has 22 heavy (non-hydrogen) atoms. The van der Waals surface area contributed by atoms with Gasteiger partial charge in [0.25, 0.3) is 5.91 Å². The molecule has 1 aromatic carbocycles. The molecule has 0 aliphatic carbocycles. The zero-order valence-electron chi connectivity index (χ0n) is 12.0. The Morgan fingerprint density at radius 3 is 2.77 bits per heavy atom. The molecule has 0 fully saturated rings. The van der Waals surface area contributed by atoms with Gasteiger partial charge in [0.05, 0.1) is 23.5 Å². The van der Waals surface area contributed by atoms with Crippen molar-refractivity contribution in [3.63, 3.8) is 0 Å². The van der Waals surface area contributed by atoms with Crippen LogP contribution in [0.25, 0.3) is 0 Å². The molecule has 1 aromatic heterocycles. The average Bonchev–Trinajstić information content (AvgIpc) is 2.48. The van der Waals surface area contributed by atoms with Gasteiger partial charge < -0.3 is 14.8 Å². The highest BCUT2D eigenvalue weighted by molar-refractivity contribution is 6.32. The van der Waals surface area contributed by atoms with Gasteiger partial charge in [-0.2, -0.15) is 0 Å². The topological polar surface area (TPSA) is 60.5 Å². The minimum atomic E-state index is -0.471. The average molecular weight is 325 g/mol. The summed E-state index contributed by atoms with van der Waals surface area (Å²) in [5.41, 5.74) is 1.17. The van der Waals surface area contributed by atoms with Gasteiger partial charge in [-0.05, 0) is 31.2 Å². The van der Waals surface area contributed by atoms with Crippen LogP contribution in [0.5, 0.6) is 11.6 Å². The number of pyridine rings is 1. The zero-order chi connectivity index (χ0) is 16.1. The van der Waals surface area contributed by atoms with E-state index in [0.717, 1.165) is 6.07 Å². The Morgan fingerprint density at radius 1 is 1.36 bits per heavy atom. The van der Waals surface area contributed by atoms with Crippen molar-refractivity contribution in [2.75, 3.05) is 19.0 Å². The van der Waals surface area contributed by atoms with E-state index >= 15 is 0 Å². The lowest BCUT2D eigenvalue weighted by Crippen LogP contribution is -2.21. The normalized spacial score (nSPS) is 10.2. The molecule has 0 saturated carbocycles. The van der Waals surface area contributed by atoms with Crippen LogP contribution in [0.2, 0.25) is 5.02 Å². The van der Waals surface area contributed by atoms with Gasteiger partial charge in [-0.25, -0.2) is 9.37 Å². The molecule has 116 valence electrons. The lowest BCUT2D eigenvalue weighted by Gasteiger charge is -2.10. The smallest absolute Gasteiger partial charge is 0.262 e. The van der Waals surface area contributed by atoms with E-state index in [1.165, 1.54) is 19.2 Å². The van der Waals surface area contributed by atoms with Gasteiger partial charge >= 0.3 is 0 Å². The monoisotopic (exact) mass is 324 g/mol. The number of amides is 1. The molecule has 0 aliphatic heterocycles. The number of nitrogens with zero attached hydrogens (tertiary/aromatic N) is 1. The van der Waals surface area contributed by atoms with Crippen molar-refractivity contribution in [1.82, 2.24) is 4.98 Å². The van der Waals surface area contributed by atoms with Crippen molar-refractivity contribution < 1.29 is 18.7 Å². The van der Waals surface area contributed by atoms with Crippen LogP contribution in [-0.4, -0.2) is 24.6 Å². The number of halogens is 2. The molecular formula is C15H14ClFN2O3. The summed E-state index contributed by atoms with van der Waals surface area (Å²) in [6.07, 6.45) is 0. The first-order valence-electron chi connectivity index (χ1n) is 6.39. The Hall–Kier alpha value is -2.34. The van der Waals surface area contributed by atoms with Crippen LogP contribution in [0.4, 0.5) is 10.1 Å². The number of hydrogen-bond donors (Lipinski definition) is 1. The molecule has 2 rings (SSSR count). The highest BCUT2D eigenvalue weighted by atomic mass is 35.5. The summed E-state index contributed by atoms with van der Waals surface area (Å²) in [5, 5.41) is 2.77. The molecule has 5 nitrogen and oxygen atoms in total. The first-order chi connectivity index (χ1) is 10.5. The molecular weight excluding hydrogens is 311 g/mol. The molecule has 1 amide bonds. The van der Waals surface area contributed by atoms with Crippen molar-refractivity contribution >= 4 is 23.2 Å². The van der Waals surface area contributed by atoms with Crippen molar-refractivity contribution in [1.29, 1.82) is 0 Å². The third-order valence-electron chi connectivity index (χ3n) is 2.80. The Labute approximate surface area is 132 Å². The van der Waals surface area contributed by atoms with Crippen LogP contribution >= 0.6 is 11.6 Å². The van der Waals surface area contributed by atoms with E-state index in [1.54, 1.807) is 19.1 Å². The van der Waals surface area contributed by atoms with Crippen LogP contribution in [0, 0.1) is 12.7 Å². The van der Waals surface area contributed by atoms with E-state index in [-0.39, 0.29) is 23.3 Å². The van der Waals surface area contributed by atoms with Gasteiger partial charge in [0.2, 0.25) is 5.88 Å². The Kier molecular flexibility index (Phi) is 5.16. The van der Waals surface area contributed by atoms with Gasteiger partial charge in [0, 0.05) is 6.07 Å². The van der Waals surface area contributed by atoms with Crippen LogP contribution in [0.15, 0.2) is 30.3 Å². The highest BCUT2D eigenvalue weighted by Gasteiger charge is 2.09. The second-order valence-electron chi connectivity index (χ2n) is 4.40. The first kappa shape index (κ1) is 16.0. The van der Waals surface area contributed by atoms with Gasteiger partial charge in [0.15, 0.2) is 6.61 Å². The predicted molar refractivity (Wildman–Crippen MR) is 81.1 cm³/mol. The summed E-state index contributed by atoms with van der Waals surface area (Å²) in [7, 11) is 1.51. The van der Waals surface area contributed by atoms with E-state index in [4.69, 9.17) is 21.1 Å². The summed E-state index contributed by atoms with van der Waals surface area (Å²) in [4.78, 5) is 16.0. The van der Waals surface area contributed by atoms with Crippen LogP contribution in [0.3, 0.4) is 0 Å². The summed E-state index contributed by atoms with van der Waals surface area (Å²) < 4.78 is 23.1. The molecule has 2 aromatic rings. The van der Waals surface area contributed by atoms with Crippen molar-refractivity contribution in [3.05, 3.63) is 46.9 Å². The second kappa shape index (κ2) is 7.09. The summed E-state index contributed by atoms with van der Waals surface area (Å²) in [6.45, 7) is 1.49. The van der Waals surface area contributed by atoms with Crippen LogP contribution in [0.1, 0.15) is 5.69 Å². The minimum absolute atomic E-state index is 0.107. The fourth-order valence-corrected chi connectivity index (χ4v) is 1.93. The molecule has 0 bridgehead atoms. The Morgan fingerprint density at radius 2 is 2.14 bits per heavy atom. The SMILES string of the molecule is COc1ccc(NC(=O)COc2ccc(F)cc2Cl)c(C)n1. The number of nitrogens with one attached hydrogen (secondary N) is 1. The quantitative estimate of drug-likeness (QED) is 0.917.